The highest BCUT2D eigenvalue weighted by molar-refractivity contribution is 5.78. The SMILES string of the molecule is COCCNCCNC(=O)Cc1ccncc1. The maximum atomic E-state index is 11.5. The minimum absolute atomic E-state index is 0.0322. The molecule has 0 atom stereocenters. The first-order valence-corrected chi connectivity index (χ1v) is 5.68. The Hall–Kier alpha value is -1.46. The van der Waals surface area contributed by atoms with E-state index in [9.17, 15) is 4.79 Å². The Kier molecular flexibility index (Phi) is 6.93. The molecule has 1 amide bonds. The summed E-state index contributed by atoms with van der Waals surface area (Å²) in [6.07, 6.45) is 3.78. The van der Waals surface area contributed by atoms with Crippen LogP contribution in [0.3, 0.4) is 0 Å². The van der Waals surface area contributed by atoms with Gasteiger partial charge in [0, 0.05) is 39.1 Å². The summed E-state index contributed by atoms with van der Waals surface area (Å²) in [7, 11) is 1.66. The van der Waals surface area contributed by atoms with Crippen molar-refractivity contribution < 1.29 is 9.53 Å². The molecule has 2 N–H and O–H groups in total. The number of aromatic nitrogens is 1. The van der Waals surface area contributed by atoms with Crippen LogP contribution in [-0.2, 0) is 16.0 Å². The van der Waals surface area contributed by atoms with Gasteiger partial charge in [-0.05, 0) is 17.7 Å². The van der Waals surface area contributed by atoms with Gasteiger partial charge in [0.25, 0.3) is 0 Å². The van der Waals surface area contributed by atoms with Crippen molar-refractivity contribution in [1.29, 1.82) is 0 Å². The zero-order valence-corrected chi connectivity index (χ0v) is 10.1. The minimum Gasteiger partial charge on any atom is -0.383 e. The second-order valence-electron chi connectivity index (χ2n) is 3.62. The maximum Gasteiger partial charge on any atom is 0.224 e. The Morgan fingerprint density at radius 2 is 2.06 bits per heavy atom. The summed E-state index contributed by atoms with van der Waals surface area (Å²) in [5, 5.41) is 6.00. The molecule has 0 spiro atoms. The van der Waals surface area contributed by atoms with Crippen LogP contribution in [0.15, 0.2) is 24.5 Å². The van der Waals surface area contributed by atoms with Gasteiger partial charge in [0.2, 0.25) is 5.91 Å². The molecule has 0 aliphatic carbocycles. The maximum absolute atomic E-state index is 11.5. The fourth-order valence-electron chi connectivity index (χ4n) is 1.34. The van der Waals surface area contributed by atoms with Crippen molar-refractivity contribution in [3.05, 3.63) is 30.1 Å². The van der Waals surface area contributed by atoms with Crippen molar-refractivity contribution in [1.82, 2.24) is 15.6 Å². The molecule has 0 aliphatic rings. The van der Waals surface area contributed by atoms with Crippen LogP contribution in [0.5, 0.6) is 0 Å². The zero-order valence-electron chi connectivity index (χ0n) is 10.1. The van der Waals surface area contributed by atoms with Crippen LogP contribution in [0, 0.1) is 0 Å². The van der Waals surface area contributed by atoms with Crippen molar-refractivity contribution in [3.63, 3.8) is 0 Å². The zero-order chi connectivity index (χ0) is 12.3. The number of pyridine rings is 1. The predicted octanol–water partition coefficient (Wildman–Crippen LogP) is -0.0237. The number of ether oxygens (including phenoxy) is 1. The van der Waals surface area contributed by atoms with E-state index < -0.39 is 0 Å². The standard InChI is InChI=1S/C12H19N3O2/c1-17-9-8-14-6-7-15-12(16)10-11-2-4-13-5-3-11/h2-5,14H,6-10H2,1H3,(H,15,16). The summed E-state index contributed by atoms with van der Waals surface area (Å²) in [4.78, 5) is 15.4. The van der Waals surface area contributed by atoms with E-state index in [1.807, 2.05) is 12.1 Å². The number of hydrogen-bond donors (Lipinski definition) is 2. The molecular weight excluding hydrogens is 218 g/mol. The van der Waals surface area contributed by atoms with E-state index in [0.29, 0.717) is 19.6 Å². The molecule has 94 valence electrons. The molecular formula is C12H19N3O2. The topological polar surface area (TPSA) is 63.2 Å². The van der Waals surface area contributed by atoms with Gasteiger partial charge < -0.3 is 15.4 Å². The number of carbonyl (C=O) groups is 1. The molecule has 0 radical (unpaired) electrons. The van der Waals surface area contributed by atoms with Crippen molar-refractivity contribution in [2.45, 2.75) is 6.42 Å². The summed E-state index contributed by atoms with van der Waals surface area (Å²) in [5.41, 5.74) is 0.977. The van der Waals surface area contributed by atoms with Gasteiger partial charge in [0.1, 0.15) is 0 Å². The van der Waals surface area contributed by atoms with Crippen LogP contribution in [0.4, 0.5) is 0 Å². The fourth-order valence-corrected chi connectivity index (χ4v) is 1.34. The van der Waals surface area contributed by atoms with Crippen LogP contribution in [-0.4, -0.2) is 44.2 Å². The van der Waals surface area contributed by atoms with E-state index in [1.54, 1.807) is 19.5 Å². The van der Waals surface area contributed by atoms with Crippen molar-refractivity contribution in [2.75, 3.05) is 33.4 Å². The number of amides is 1. The van der Waals surface area contributed by atoms with E-state index >= 15 is 0 Å². The third-order valence-corrected chi connectivity index (χ3v) is 2.22. The molecule has 0 aromatic carbocycles. The molecule has 1 heterocycles. The highest BCUT2D eigenvalue weighted by atomic mass is 16.5. The molecule has 0 aliphatic heterocycles. The Labute approximate surface area is 102 Å². The lowest BCUT2D eigenvalue weighted by Crippen LogP contribution is -2.33. The number of rotatable bonds is 8. The highest BCUT2D eigenvalue weighted by Gasteiger charge is 2.01. The average Bonchev–Trinajstić information content (AvgIpc) is 2.35. The molecule has 17 heavy (non-hydrogen) atoms. The Morgan fingerprint density at radius 1 is 1.29 bits per heavy atom. The molecule has 0 bridgehead atoms. The molecule has 0 fully saturated rings. The first-order chi connectivity index (χ1) is 8.33. The predicted molar refractivity (Wildman–Crippen MR) is 65.7 cm³/mol. The van der Waals surface area contributed by atoms with Crippen LogP contribution in [0.1, 0.15) is 5.56 Å². The summed E-state index contributed by atoms with van der Waals surface area (Å²) in [6.45, 7) is 2.88. The Bertz CT molecular complexity index is 317. The molecule has 0 saturated heterocycles. The van der Waals surface area contributed by atoms with Gasteiger partial charge in [-0.15, -0.1) is 0 Å². The monoisotopic (exact) mass is 237 g/mol. The van der Waals surface area contributed by atoms with Gasteiger partial charge in [0.15, 0.2) is 0 Å². The van der Waals surface area contributed by atoms with Crippen molar-refractivity contribution >= 4 is 5.91 Å². The fraction of sp³-hybridized carbons (Fsp3) is 0.500. The number of nitrogens with zero attached hydrogens (tertiary/aromatic N) is 1. The summed E-state index contributed by atoms with van der Waals surface area (Å²) in [6, 6.07) is 3.69. The van der Waals surface area contributed by atoms with Gasteiger partial charge in [-0.1, -0.05) is 0 Å². The van der Waals surface area contributed by atoms with Crippen LogP contribution in [0.2, 0.25) is 0 Å². The molecule has 5 nitrogen and oxygen atoms in total. The first kappa shape index (κ1) is 13.6. The molecule has 0 unspecified atom stereocenters. The lowest BCUT2D eigenvalue weighted by atomic mass is 10.2. The molecule has 1 rings (SSSR count). The molecule has 1 aromatic rings. The van der Waals surface area contributed by atoms with Crippen LogP contribution < -0.4 is 10.6 Å². The average molecular weight is 237 g/mol. The number of hydrogen-bond acceptors (Lipinski definition) is 4. The molecule has 5 heteroatoms. The quantitative estimate of drug-likeness (QED) is 0.624. The second-order valence-corrected chi connectivity index (χ2v) is 3.62. The van der Waals surface area contributed by atoms with Gasteiger partial charge in [0.05, 0.1) is 13.0 Å². The van der Waals surface area contributed by atoms with Gasteiger partial charge in [-0.2, -0.15) is 0 Å². The summed E-state index contributed by atoms with van der Waals surface area (Å²) < 4.78 is 4.89. The molecule has 0 saturated carbocycles. The minimum atomic E-state index is 0.0322. The van der Waals surface area contributed by atoms with E-state index in [0.717, 1.165) is 18.7 Å². The number of nitrogens with one attached hydrogen (secondary N) is 2. The van der Waals surface area contributed by atoms with Crippen molar-refractivity contribution in [3.8, 4) is 0 Å². The second kappa shape index (κ2) is 8.66. The lowest BCUT2D eigenvalue weighted by Gasteiger charge is -2.06. The molecule has 1 aromatic heterocycles. The van der Waals surface area contributed by atoms with E-state index in [2.05, 4.69) is 15.6 Å². The number of carbonyl (C=O) groups excluding carboxylic acids is 1. The van der Waals surface area contributed by atoms with E-state index in [-0.39, 0.29) is 5.91 Å². The summed E-state index contributed by atoms with van der Waals surface area (Å²) >= 11 is 0. The Morgan fingerprint density at radius 3 is 2.76 bits per heavy atom. The lowest BCUT2D eigenvalue weighted by molar-refractivity contribution is -0.120. The first-order valence-electron chi connectivity index (χ1n) is 5.68. The van der Waals surface area contributed by atoms with Gasteiger partial charge in [-0.3, -0.25) is 9.78 Å². The number of methoxy groups -OCH3 is 1. The van der Waals surface area contributed by atoms with E-state index in [4.69, 9.17) is 4.74 Å². The van der Waals surface area contributed by atoms with Gasteiger partial charge >= 0.3 is 0 Å². The van der Waals surface area contributed by atoms with Gasteiger partial charge in [-0.25, -0.2) is 0 Å². The van der Waals surface area contributed by atoms with Crippen LogP contribution >= 0.6 is 0 Å². The Balaban J connectivity index is 2.06. The van der Waals surface area contributed by atoms with E-state index in [1.165, 1.54) is 0 Å². The van der Waals surface area contributed by atoms with Crippen LogP contribution in [0.25, 0.3) is 0 Å². The summed E-state index contributed by atoms with van der Waals surface area (Å²) in [5.74, 6) is 0.0322. The normalized spacial score (nSPS) is 10.2. The third kappa shape index (κ3) is 6.65. The smallest absolute Gasteiger partial charge is 0.224 e. The highest BCUT2D eigenvalue weighted by Crippen LogP contribution is 1.96. The van der Waals surface area contributed by atoms with Crippen molar-refractivity contribution in [2.24, 2.45) is 0 Å². The largest absolute Gasteiger partial charge is 0.383 e. The third-order valence-electron chi connectivity index (χ3n) is 2.22.